The van der Waals surface area contributed by atoms with Crippen LogP contribution in [0.25, 0.3) is 0 Å². The second-order valence-electron chi connectivity index (χ2n) is 6.02. The van der Waals surface area contributed by atoms with E-state index in [-0.39, 0.29) is 6.61 Å². The molecule has 0 radical (unpaired) electrons. The van der Waals surface area contributed by atoms with Gasteiger partial charge in [0.1, 0.15) is 0 Å². The summed E-state index contributed by atoms with van der Waals surface area (Å²) < 4.78 is 16.6. The summed E-state index contributed by atoms with van der Waals surface area (Å²) in [5.41, 5.74) is 0. The zero-order valence-corrected chi connectivity index (χ0v) is 13.3. The van der Waals surface area contributed by atoms with E-state index in [9.17, 15) is 0 Å². The number of aliphatic hydroxyl groups is 1. The van der Waals surface area contributed by atoms with Crippen LogP contribution in [0, 0.1) is 5.92 Å². The third kappa shape index (κ3) is 8.17. The lowest BCUT2D eigenvalue weighted by Gasteiger charge is -2.35. The highest BCUT2D eigenvalue weighted by molar-refractivity contribution is 4.68. The van der Waals surface area contributed by atoms with Gasteiger partial charge in [0, 0.05) is 12.5 Å². The molecule has 0 amide bonds. The van der Waals surface area contributed by atoms with E-state index in [0.29, 0.717) is 19.1 Å². The fraction of sp³-hybridized carbons (Fsp3) is 1.00. The molecule has 0 atom stereocenters. The van der Waals surface area contributed by atoms with Crippen molar-refractivity contribution >= 4 is 0 Å². The van der Waals surface area contributed by atoms with Crippen LogP contribution < -0.4 is 0 Å². The summed E-state index contributed by atoms with van der Waals surface area (Å²) in [6, 6.07) is 0. The number of ether oxygens (including phenoxy) is 3. The lowest BCUT2D eigenvalue weighted by atomic mass is 10.0. The van der Waals surface area contributed by atoms with Gasteiger partial charge in [0.2, 0.25) is 0 Å². The number of aliphatic hydroxyl groups excluding tert-OH is 1. The number of hydrogen-bond donors (Lipinski definition) is 1. The van der Waals surface area contributed by atoms with Crippen molar-refractivity contribution < 1.29 is 19.3 Å². The Morgan fingerprint density at radius 3 is 2.50 bits per heavy atom. The summed E-state index contributed by atoms with van der Waals surface area (Å²) in [7, 11) is 2.11. The van der Waals surface area contributed by atoms with Crippen molar-refractivity contribution in [3.05, 3.63) is 0 Å². The first-order valence-corrected chi connectivity index (χ1v) is 7.68. The molecule has 1 fully saturated rings. The largest absolute Gasteiger partial charge is 0.394 e. The molecule has 20 heavy (non-hydrogen) atoms. The maximum absolute atomic E-state index is 8.60. The van der Waals surface area contributed by atoms with Crippen LogP contribution in [-0.4, -0.2) is 69.0 Å². The molecule has 0 aromatic rings. The van der Waals surface area contributed by atoms with Crippen molar-refractivity contribution in [2.75, 3.05) is 53.2 Å². The van der Waals surface area contributed by atoms with Crippen LogP contribution in [0.4, 0.5) is 0 Å². The first-order valence-electron chi connectivity index (χ1n) is 7.68. The van der Waals surface area contributed by atoms with E-state index in [4.69, 9.17) is 19.3 Å². The summed E-state index contributed by atoms with van der Waals surface area (Å²) in [5, 5.41) is 8.60. The van der Waals surface area contributed by atoms with Crippen LogP contribution in [0.5, 0.6) is 0 Å². The second-order valence-corrected chi connectivity index (χ2v) is 6.02. The molecule has 120 valence electrons. The quantitative estimate of drug-likeness (QED) is 0.618. The number of rotatable bonds is 10. The van der Waals surface area contributed by atoms with Crippen molar-refractivity contribution in [3.63, 3.8) is 0 Å². The van der Waals surface area contributed by atoms with E-state index in [1.54, 1.807) is 0 Å². The van der Waals surface area contributed by atoms with Crippen LogP contribution in [-0.2, 0) is 14.2 Å². The topological polar surface area (TPSA) is 51.2 Å². The fourth-order valence-corrected chi connectivity index (χ4v) is 2.21. The molecule has 1 aliphatic heterocycles. The highest BCUT2D eigenvalue weighted by atomic mass is 16.7. The van der Waals surface area contributed by atoms with Crippen molar-refractivity contribution in [2.24, 2.45) is 5.92 Å². The van der Waals surface area contributed by atoms with Crippen LogP contribution in [0.3, 0.4) is 0 Å². The van der Waals surface area contributed by atoms with Gasteiger partial charge in [0.15, 0.2) is 5.79 Å². The van der Waals surface area contributed by atoms with Crippen molar-refractivity contribution in [2.45, 2.75) is 38.9 Å². The zero-order chi connectivity index (χ0) is 14.8. The molecule has 1 aliphatic rings. The van der Waals surface area contributed by atoms with Gasteiger partial charge in [-0.3, -0.25) is 0 Å². The van der Waals surface area contributed by atoms with E-state index >= 15 is 0 Å². The number of nitrogens with zero attached hydrogens (tertiary/aromatic N) is 1. The van der Waals surface area contributed by atoms with Gasteiger partial charge in [-0.1, -0.05) is 6.42 Å². The first kappa shape index (κ1) is 17.9. The monoisotopic (exact) mass is 289 g/mol. The minimum absolute atomic E-state index is 0.103. The highest BCUT2D eigenvalue weighted by Gasteiger charge is 2.27. The fourth-order valence-electron chi connectivity index (χ4n) is 2.21. The van der Waals surface area contributed by atoms with Gasteiger partial charge in [-0.15, -0.1) is 0 Å². The predicted octanol–water partition coefficient (Wildman–Crippen LogP) is 1.50. The molecule has 1 N–H and O–H groups in total. The molecule has 0 aromatic heterocycles. The third-order valence-electron chi connectivity index (χ3n) is 3.59. The lowest BCUT2D eigenvalue weighted by Crippen LogP contribution is -2.39. The Balaban J connectivity index is 1.94. The van der Waals surface area contributed by atoms with Crippen molar-refractivity contribution in [1.82, 2.24) is 4.90 Å². The molecule has 1 saturated heterocycles. The molecule has 0 bridgehead atoms. The smallest absolute Gasteiger partial charge is 0.162 e. The van der Waals surface area contributed by atoms with Crippen LogP contribution in [0.1, 0.15) is 33.1 Å². The Morgan fingerprint density at radius 1 is 1.15 bits per heavy atom. The lowest BCUT2D eigenvalue weighted by molar-refractivity contribution is -0.262. The Kier molecular flexibility index (Phi) is 8.64. The van der Waals surface area contributed by atoms with E-state index in [1.807, 2.05) is 13.8 Å². The molecule has 0 saturated carbocycles. The van der Waals surface area contributed by atoms with Crippen LogP contribution in [0.15, 0.2) is 0 Å². The minimum atomic E-state index is -0.398. The Labute approximate surface area is 123 Å². The van der Waals surface area contributed by atoms with E-state index in [1.165, 1.54) is 19.3 Å². The summed E-state index contributed by atoms with van der Waals surface area (Å²) in [4.78, 5) is 2.27. The molecule has 5 heteroatoms. The third-order valence-corrected chi connectivity index (χ3v) is 3.59. The molecule has 1 heterocycles. The van der Waals surface area contributed by atoms with Gasteiger partial charge >= 0.3 is 0 Å². The summed E-state index contributed by atoms with van der Waals surface area (Å²) in [6.07, 6.45) is 3.57. The average molecular weight is 289 g/mol. The van der Waals surface area contributed by atoms with Crippen LogP contribution in [0.2, 0.25) is 0 Å². The molecular formula is C15H31NO4. The summed E-state index contributed by atoms with van der Waals surface area (Å²) in [5.74, 6) is 0.145. The number of hydrogen-bond acceptors (Lipinski definition) is 5. The van der Waals surface area contributed by atoms with E-state index in [0.717, 1.165) is 26.3 Å². The Morgan fingerprint density at radius 2 is 1.85 bits per heavy atom. The van der Waals surface area contributed by atoms with Crippen molar-refractivity contribution in [3.8, 4) is 0 Å². The average Bonchev–Trinajstić information content (AvgIpc) is 2.41. The van der Waals surface area contributed by atoms with Gasteiger partial charge in [0.25, 0.3) is 0 Å². The van der Waals surface area contributed by atoms with Crippen LogP contribution >= 0.6 is 0 Å². The standard InChI is InChI=1S/C15H31NO4/c1-15(2)19-12-14(13-20-15)6-4-5-7-16(3)8-10-18-11-9-17/h14,17H,4-13H2,1-3H3. The molecule has 5 nitrogen and oxygen atoms in total. The molecule has 0 aliphatic carbocycles. The molecule has 0 spiro atoms. The molecule has 0 aromatic carbocycles. The first-order chi connectivity index (χ1) is 9.53. The SMILES string of the molecule is CN(CCCCC1COC(C)(C)OC1)CCOCCO. The predicted molar refractivity (Wildman–Crippen MR) is 78.7 cm³/mol. The second kappa shape index (κ2) is 9.68. The maximum Gasteiger partial charge on any atom is 0.162 e. The van der Waals surface area contributed by atoms with Gasteiger partial charge in [0.05, 0.1) is 33.0 Å². The minimum Gasteiger partial charge on any atom is -0.394 e. The summed E-state index contributed by atoms with van der Waals surface area (Å²) >= 11 is 0. The Bertz CT molecular complexity index is 238. The zero-order valence-electron chi connectivity index (χ0n) is 13.3. The van der Waals surface area contributed by atoms with Crippen molar-refractivity contribution in [1.29, 1.82) is 0 Å². The number of likely N-dealkylation sites (N-methyl/N-ethyl adjacent to an activating group) is 1. The van der Waals surface area contributed by atoms with Gasteiger partial charge in [-0.2, -0.15) is 0 Å². The number of unbranched alkanes of at least 4 members (excludes halogenated alkanes) is 1. The molecule has 1 rings (SSSR count). The maximum atomic E-state index is 8.60. The van der Waals surface area contributed by atoms with Gasteiger partial charge in [-0.05, 0) is 40.3 Å². The highest BCUT2D eigenvalue weighted by Crippen LogP contribution is 2.23. The van der Waals surface area contributed by atoms with E-state index < -0.39 is 5.79 Å². The van der Waals surface area contributed by atoms with E-state index in [2.05, 4.69) is 11.9 Å². The van der Waals surface area contributed by atoms with Gasteiger partial charge < -0.3 is 24.2 Å². The Hall–Kier alpha value is -0.200. The van der Waals surface area contributed by atoms with Gasteiger partial charge in [-0.25, -0.2) is 0 Å². The molecular weight excluding hydrogens is 258 g/mol. The normalized spacial score (nSPS) is 19.6. The molecule has 0 unspecified atom stereocenters. The summed E-state index contributed by atoms with van der Waals surface area (Å²) in [6.45, 7) is 8.81.